The van der Waals surface area contributed by atoms with Crippen molar-refractivity contribution in [2.75, 3.05) is 5.73 Å². The van der Waals surface area contributed by atoms with Crippen molar-refractivity contribution < 1.29 is 0 Å². The van der Waals surface area contributed by atoms with Gasteiger partial charge in [0.2, 0.25) is 0 Å². The highest BCUT2D eigenvalue weighted by Crippen LogP contribution is 2.21. The Bertz CT molecular complexity index is 504. The van der Waals surface area contributed by atoms with Gasteiger partial charge in [-0.05, 0) is 12.1 Å². The minimum Gasteiger partial charge on any atom is -0.398 e. The van der Waals surface area contributed by atoms with Gasteiger partial charge in [0, 0.05) is 18.6 Å². The van der Waals surface area contributed by atoms with E-state index in [1.165, 1.54) is 0 Å². The van der Waals surface area contributed by atoms with Gasteiger partial charge in [-0.3, -0.25) is 4.68 Å². The molecule has 64 valence electrons. The highest BCUT2D eigenvalue weighted by atomic mass is 15.2. The molecule has 0 bridgehead atoms. The molecule has 0 saturated heterocycles. The van der Waals surface area contributed by atoms with Crippen LogP contribution in [0.4, 0.5) is 5.69 Å². The van der Waals surface area contributed by atoms with Gasteiger partial charge in [0.1, 0.15) is 6.07 Å². The van der Waals surface area contributed by atoms with Gasteiger partial charge in [0.05, 0.1) is 16.8 Å². The lowest BCUT2D eigenvalue weighted by Crippen LogP contribution is -1.89. The number of benzene rings is 1. The topological polar surface area (TPSA) is 67.6 Å². The van der Waals surface area contributed by atoms with E-state index in [0.29, 0.717) is 11.3 Å². The van der Waals surface area contributed by atoms with Crippen LogP contribution in [0.2, 0.25) is 0 Å². The van der Waals surface area contributed by atoms with Crippen molar-refractivity contribution in [1.82, 2.24) is 9.78 Å². The Kier molecular flexibility index (Phi) is 1.46. The molecule has 0 aliphatic heterocycles. The van der Waals surface area contributed by atoms with Crippen molar-refractivity contribution in [3.8, 4) is 6.07 Å². The summed E-state index contributed by atoms with van der Waals surface area (Å²) >= 11 is 0. The lowest BCUT2D eigenvalue weighted by molar-refractivity contribution is 0.780. The first kappa shape index (κ1) is 7.62. The molecule has 0 aliphatic rings. The molecule has 0 spiro atoms. The fourth-order valence-electron chi connectivity index (χ4n) is 1.35. The summed E-state index contributed by atoms with van der Waals surface area (Å²) in [6.45, 7) is 0. The van der Waals surface area contributed by atoms with Gasteiger partial charge in [-0.15, -0.1) is 0 Å². The van der Waals surface area contributed by atoms with E-state index in [1.54, 1.807) is 16.9 Å². The molecule has 0 unspecified atom stereocenters. The maximum atomic E-state index is 8.86. The second-order valence-electron chi connectivity index (χ2n) is 2.88. The van der Waals surface area contributed by atoms with E-state index in [9.17, 15) is 0 Å². The van der Waals surface area contributed by atoms with Crippen molar-refractivity contribution in [2.45, 2.75) is 0 Å². The van der Waals surface area contributed by atoms with Gasteiger partial charge >= 0.3 is 0 Å². The van der Waals surface area contributed by atoms with Crippen LogP contribution in [0.3, 0.4) is 0 Å². The lowest BCUT2D eigenvalue weighted by atomic mass is 10.1. The summed E-state index contributed by atoms with van der Waals surface area (Å²) in [5.41, 5.74) is 7.45. The predicted molar refractivity (Wildman–Crippen MR) is 49.8 cm³/mol. The second-order valence-corrected chi connectivity index (χ2v) is 2.88. The highest BCUT2D eigenvalue weighted by molar-refractivity contribution is 5.89. The summed E-state index contributed by atoms with van der Waals surface area (Å²) in [6, 6.07) is 5.59. The predicted octanol–water partition coefficient (Wildman–Crippen LogP) is 1.03. The Hall–Kier alpha value is -2.02. The summed E-state index contributed by atoms with van der Waals surface area (Å²) in [4.78, 5) is 0. The van der Waals surface area contributed by atoms with Crippen molar-refractivity contribution in [3.63, 3.8) is 0 Å². The van der Waals surface area contributed by atoms with E-state index in [-0.39, 0.29) is 0 Å². The third-order valence-corrected chi connectivity index (χ3v) is 1.95. The van der Waals surface area contributed by atoms with Crippen LogP contribution in [0.25, 0.3) is 10.9 Å². The number of rotatable bonds is 0. The molecule has 1 aromatic carbocycles. The van der Waals surface area contributed by atoms with Gasteiger partial charge in [0.25, 0.3) is 0 Å². The van der Waals surface area contributed by atoms with Crippen LogP contribution in [-0.2, 0) is 7.05 Å². The standard InChI is InChI=1S/C9H8N4/c1-13-5-7-6(4-10)8(11)2-3-9(7)12-13/h2-3,5H,11H2,1H3. The molecule has 2 aromatic rings. The van der Waals surface area contributed by atoms with Crippen LogP contribution in [0.5, 0.6) is 0 Å². The van der Waals surface area contributed by atoms with Crippen LogP contribution in [0, 0.1) is 11.3 Å². The molecule has 2 N–H and O–H groups in total. The average Bonchev–Trinajstić information content (AvgIpc) is 2.45. The monoisotopic (exact) mass is 172 g/mol. The zero-order valence-corrected chi connectivity index (χ0v) is 7.15. The fourth-order valence-corrected chi connectivity index (χ4v) is 1.35. The Morgan fingerprint density at radius 2 is 2.31 bits per heavy atom. The van der Waals surface area contributed by atoms with Crippen molar-refractivity contribution in [1.29, 1.82) is 5.26 Å². The van der Waals surface area contributed by atoms with Crippen molar-refractivity contribution >= 4 is 16.6 Å². The Morgan fingerprint density at radius 3 is 3.00 bits per heavy atom. The van der Waals surface area contributed by atoms with Crippen LogP contribution >= 0.6 is 0 Å². The van der Waals surface area contributed by atoms with E-state index < -0.39 is 0 Å². The molecule has 1 aromatic heterocycles. The van der Waals surface area contributed by atoms with Gasteiger partial charge in [-0.2, -0.15) is 10.4 Å². The van der Waals surface area contributed by atoms with Crippen LogP contribution in [-0.4, -0.2) is 9.78 Å². The number of hydrogen-bond acceptors (Lipinski definition) is 3. The van der Waals surface area contributed by atoms with Crippen LogP contribution in [0.1, 0.15) is 5.56 Å². The summed E-state index contributed by atoms with van der Waals surface area (Å²) in [6.07, 6.45) is 1.80. The first-order valence-electron chi connectivity index (χ1n) is 3.84. The maximum Gasteiger partial charge on any atom is 0.102 e. The smallest absolute Gasteiger partial charge is 0.102 e. The summed E-state index contributed by atoms with van der Waals surface area (Å²) < 4.78 is 1.67. The van der Waals surface area contributed by atoms with Gasteiger partial charge in [-0.1, -0.05) is 0 Å². The number of nitriles is 1. The minimum absolute atomic E-state index is 0.503. The molecule has 4 nitrogen and oxygen atoms in total. The zero-order valence-electron chi connectivity index (χ0n) is 7.15. The Balaban J connectivity index is 2.93. The third kappa shape index (κ3) is 1.02. The average molecular weight is 172 g/mol. The number of nitrogens with zero attached hydrogens (tertiary/aromatic N) is 3. The van der Waals surface area contributed by atoms with Crippen molar-refractivity contribution in [2.24, 2.45) is 7.05 Å². The quantitative estimate of drug-likeness (QED) is 0.603. The summed E-state index contributed by atoms with van der Waals surface area (Å²) in [5.74, 6) is 0. The molecule has 0 saturated carbocycles. The zero-order chi connectivity index (χ0) is 9.42. The summed E-state index contributed by atoms with van der Waals surface area (Å²) in [7, 11) is 1.82. The molecule has 13 heavy (non-hydrogen) atoms. The Morgan fingerprint density at radius 1 is 1.54 bits per heavy atom. The molecule has 0 aliphatic carbocycles. The van der Waals surface area contributed by atoms with E-state index >= 15 is 0 Å². The largest absolute Gasteiger partial charge is 0.398 e. The molecule has 4 heteroatoms. The van der Waals surface area contributed by atoms with Gasteiger partial charge < -0.3 is 5.73 Å². The molecular weight excluding hydrogens is 164 g/mol. The molecule has 0 radical (unpaired) electrons. The first-order chi connectivity index (χ1) is 6.22. The molecule has 1 heterocycles. The number of fused-ring (bicyclic) bond motifs is 1. The first-order valence-corrected chi connectivity index (χ1v) is 3.84. The minimum atomic E-state index is 0.503. The second kappa shape index (κ2) is 2.49. The maximum absolute atomic E-state index is 8.86. The Labute approximate surface area is 75.2 Å². The van der Waals surface area contributed by atoms with Gasteiger partial charge in [0.15, 0.2) is 0 Å². The van der Waals surface area contributed by atoms with E-state index in [2.05, 4.69) is 11.2 Å². The number of nitrogen functional groups attached to an aromatic ring is 1. The van der Waals surface area contributed by atoms with Crippen LogP contribution < -0.4 is 5.73 Å². The molecule has 2 rings (SSSR count). The van der Waals surface area contributed by atoms with E-state index in [0.717, 1.165) is 10.9 Å². The van der Waals surface area contributed by atoms with Crippen LogP contribution in [0.15, 0.2) is 18.3 Å². The molecule has 0 fully saturated rings. The van der Waals surface area contributed by atoms with Gasteiger partial charge in [-0.25, -0.2) is 0 Å². The van der Waals surface area contributed by atoms with Crippen molar-refractivity contribution in [3.05, 3.63) is 23.9 Å². The molecule has 0 amide bonds. The number of aromatic nitrogens is 2. The SMILES string of the molecule is Cn1cc2c(C#N)c(N)ccc2n1. The summed E-state index contributed by atoms with van der Waals surface area (Å²) in [5, 5.41) is 13.8. The molecular formula is C9H8N4. The lowest BCUT2D eigenvalue weighted by Gasteiger charge is -1.95. The number of anilines is 1. The normalized spacial score (nSPS) is 10.2. The third-order valence-electron chi connectivity index (χ3n) is 1.95. The number of hydrogen-bond donors (Lipinski definition) is 1. The van der Waals surface area contributed by atoms with E-state index in [4.69, 9.17) is 11.0 Å². The van der Waals surface area contributed by atoms with E-state index in [1.807, 2.05) is 13.1 Å². The fraction of sp³-hybridized carbons (Fsp3) is 0.111. The highest BCUT2D eigenvalue weighted by Gasteiger charge is 2.06. The number of aryl methyl sites for hydroxylation is 1. The molecule has 0 atom stereocenters. The number of nitrogens with two attached hydrogens (primary N) is 1.